The number of carbonyl (C=O) groups is 3. The quantitative estimate of drug-likeness (QED) is 0.0661. The lowest BCUT2D eigenvalue weighted by Gasteiger charge is -2.22. The van der Waals surface area contributed by atoms with E-state index in [1.807, 2.05) is 91.0 Å². The van der Waals surface area contributed by atoms with Gasteiger partial charge in [0.2, 0.25) is 0 Å². The van der Waals surface area contributed by atoms with Crippen molar-refractivity contribution in [2.24, 2.45) is 0 Å². The van der Waals surface area contributed by atoms with Gasteiger partial charge in [0.15, 0.2) is 0 Å². The normalized spacial score (nSPS) is 12.7. The van der Waals surface area contributed by atoms with Crippen molar-refractivity contribution >= 4 is 36.1 Å². The first kappa shape index (κ1) is 36.5. The smallest absolute Gasteiger partial charge is 0.346 e. The zero-order valence-corrected chi connectivity index (χ0v) is 27.9. The number of aliphatic carboxylic acids is 3. The molecular formula is C44H29N3O6. The molecule has 5 aromatic carbocycles. The summed E-state index contributed by atoms with van der Waals surface area (Å²) in [4.78, 5) is 34.1. The predicted molar refractivity (Wildman–Crippen MR) is 198 cm³/mol. The van der Waals surface area contributed by atoms with Crippen molar-refractivity contribution in [3.05, 3.63) is 194 Å². The molecule has 0 aliphatic rings. The first-order valence-electron chi connectivity index (χ1n) is 16.1. The van der Waals surface area contributed by atoms with Gasteiger partial charge < -0.3 is 15.3 Å². The van der Waals surface area contributed by atoms with E-state index in [2.05, 4.69) is 0 Å². The topological polar surface area (TPSA) is 183 Å². The molecule has 0 bridgehead atoms. The van der Waals surface area contributed by atoms with Crippen molar-refractivity contribution in [3.8, 4) is 18.2 Å². The van der Waals surface area contributed by atoms with E-state index in [9.17, 15) is 45.5 Å². The van der Waals surface area contributed by atoms with Gasteiger partial charge in [0.05, 0.1) is 0 Å². The highest BCUT2D eigenvalue weighted by Gasteiger charge is 2.21. The molecule has 5 aromatic rings. The number of carboxylic acid groups (broad SMARTS) is 3. The van der Waals surface area contributed by atoms with Crippen LogP contribution in [0.25, 0.3) is 18.2 Å². The minimum atomic E-state index is -1.32. The molecule has 0 radical (unpaired) electrons. The zero-order chi connectivity index (χ0) is 37.9. The predicted octanol–water partition coefficient (Wildman–Crippen LogP) is 8.02. The lowest BCUT2D eigenvalue weighted by molar-refractivity contribution is -0.133. The summed E-state index contributed by atoms with van der Waals surface area (Å²) < 4.78 is 0. The van der Waals surface area contributed by atoms with Crippen LogP contribution in [0.1, 0.15) is 61.9 Å². The third kappa shape index (κ3) is 8.87. The second-order valence-electron chi connectivity index (χ2n) is 11.9. The van der Waals surface area contributed by atoms with E-state index in [1.54, 1.807) is 54.6 Å². The van der Waals surface area contributed by atoms with Crippen LogP contribution in [0.3, 0.4) is 0 Å². The van der Waals surface area contributed by atoms with Gasteiger partial charge >= 0.3 is 17.9 Å². The second kappa shape index (κ2) is 16.7. The molecule has 2 atom stereocenters. The summed E-state index contributed by atoms with van der Waals surface area (Å²) in [5, 5.41) is 55.5. The lowest BCUT2D eigenvalue weighted by Crippen LogP contribution is -2.06. The van der Waals surface area contributed by atoms with Gasteiger partial charge in [-0.1, -0.05) is 127 Å². The van der Waals surface area contributed by atoms with Crippen LogP contribution < -0.4 is 0 Å². The highest BCUT2D eigenvalue weighted by atomic mass is 16.4. The fraction of sp³-hybridized carbons (Fsp3) is 0.0455. The maximum atomic E-state index is 11.4. The van der Waals surface area contributed by atoms with Gasteiger partial charge in [-0.2, -0.15) is 15.8 Å². The van der Waals surface area contributed by atoms with Gasteiger partial charge in [0, 0.05) is 11.8 Å². The number of hydrogen-bond donors (Lipinski definition) is 3. The van der Waals surface area contributed by atoms with Crippen molar-refractivity contribution < 1.29 is 29.7 Å². The zero-order valence-electron chi connectivity index (χ0n) is 27.9. The third-order valence-electron chi connectivity index (χ3n) is 8.53. The fourth-order valence-corrected chi connectivity index (χ4v) is 5.96. The molecular weight excluding hydrogens is 666 g/mol. The molecule has 0 fully saturated rings. The van der Waals surface area contributed by atoms with E-state index < -0.39 is 29.1 Å². The van der Waals surface area contributed by atoms with Gasteiger partial charge in [0.25, 0.3) is 0 Å². The maximum Gasteiger partial charge on any atom is 0.346 e. The molecule has 0 saturated carbocycles. The lowest BCUT2D eigenvalue weighted by atomic mass is 9.81. The van der Waals surface area contributed by atoms with Gasteiger partial charge in [-0.15, -0.1) is 0 Å². The summed E-state index contributed by atoms with van der Waals surface area (Å²) >= 11 is 0. The average molecular weight is 696 g/mol. The Morgan fingerprint density at radius 2 is 0.623 bits per heavy atom. The van der Waals surface area contributed by atoms with Gasteiger partial charge in [-0.05, 0) is 68.3 Å². The largest absolute Gasteiger partial charge is 0.477 e. The minimum absolute atomic E-state index is 0.180. The maximum absolute atomic E-state index is 11.4. The molecule has 0 aliphatic heterocycles. The first-order chi connectivity index (χ1) is 25.6. The fourth-order valence-electron chi connectivity index (χ4n) is 5.96. The molecule has 3 N–H and O–H groups in total. The molecule has 0 spiro atoms. The van der Waals surface area contributed by atoms with Crippen LogP contribution in [0.5, 0.6) is 0 Å². The number of nitriles is 3. The summed E-state index contributed by atoms with van der Waals surface area (Å²) in [6.07, 6.45) is 3.92. The Balaban J connectivity index is 1.57. The summed E-state index contributed by atoms with van der Waals surface area (Å²) in [5.74, 6) is -4.43. The molecule has 9 nitrogen and oxygen atoms in total. The molecule has 0 aromatic heterocycles. The molecule has 5 rings (SSSR count). The van der Waals surface area contributed by atoms with Crippen molar-refractivity contribution in [3.63, 3.8) is 0 Å². The molecule has 2 unspecified atom stereocenters. The van der Waals surface area contributed by atoms with Crippen LogP contribution in [0.2, 0.25) is 0 Å². The third-order valence-corrected chi connectivity index (χ3v) is 8.53. The number of nitrogens with zero attached hydrogens (tertiary/aromatic N) is 3. The highest BCUT2D eigenvalue weighted by Crippen LogP contribution is 2.36. The Labute approximate surface area is 305 Å². The minimum Gasteiger partial charge on any atom is -0.477 e. The Bertz CT molecular complexity index is 2290. The van der Waals surface area contributed by atoms with Gasteiger partial charge in [-0.25, -0.2) is 14.4 Å². The van der Waals surface area contributed by atoms with Crippen LogP contribution in [-0.4, -0.2) is 33.2 Å². The van der Waals surface area contributed by atoms with Crippen LogP contribution in [-0.2, 0) is 14.4 Å². The van der Waals surface area contributed by atoms with E-state index in [0.29, 0.717) is 16.7 Å². The molecule has 53 heavy (non-hydrogen) atoms. The summed E-state index contributed by atoms with van der Waals surface area (Å²) in [6.45, 7) is 0. The number of rotatable bonds is 12. The summed E-state index contributed by atoms with van der Waals surface area (Å²) in [6, 6.07) is 44.9. The van der Waals surface area contributed by atoms with Crippen molar-refractivity contribution in [2.75, 3.05) is 0 Å². The van der Waals surface area contributed by atoms with E-state index in [-0.39, 0.29) is 17.4 Å². The molecule has 256 valence electrons. The van der Waals surface area contributed by atoms with Crippen LogP contribution in [0.15, 0.2) is 144 Å². The first-order valence-corrected chi connectivity index (χ1v) is 16.1. The number of hydrogen-bond acceptors (Lipinski definition) is 6. The Hall–Kier alpha value is -7.80. The Morgan fingerprint density at radius 3 is 0.849 bits per heavy atom. The van der Waals surface area contributed by atoms with Crippen LogP contribution >= 0.6 is 0 Å². The van der Waals surface area contributed by atoms with Crippen LogP contribution in [0, 0.1) is 34.0 Å². The highest BCUT2D eigenvalue weighted by molar-refractivity contribution is 5.97. The SMILES string of the molecule is N#C/C(=C/c1ccc(C(c2ccccc2)c2ccc(C(c3ccc(/C=C(/C#N)C(=O)O)cc3)c3ccc(/C=C(\C#N)C(=O)O)cc3)cc2)cc1)C(=O)O. The Kier molecular flexibility index (Phi) is 11.5. The number of carboxylic acids is 3. The van der Waals surface area contributed by atoms with Gasteiger partial charge in [-0.3, -0.25) is 0 Å². The Morgan fingerprint density at radius 1 is 0.396 bits per heavy atom. The van der Waals surface area contributed by atoms with Crippen LogP contribution in [0.4, 0.5) is 0 Å². The second-order valence-corrected chi connectivity index (χ2v) is 11.9. The molecule has 9 heteroatoms. The number of benzene rings is 5. The standard InChI is InChI=1S/C44H29N3O6/c45-25-37(42(48)49)22-28-6-12-32(13-7-28)40(31-4-2-1-3-5-31)35-18-20-36(21-19-35)41(33-14-8-29(9-15-33)23-38(26-46)43(50)51)34-16-10-30(11-17-34)24-39(27-47)44(52)53/h1-24,40-41H,(H,48,49)(H,50,51)(H,52,53)/b37-22-,38-23-,39-24+. The van der Waals surface area contributed by atoms with E-state index in [1.165, 1.54) is 18.2 Å². The molecule has 0 heterocycles. The van der Waals surface area contributed by atoms with Crippen molar-refractivity contribution in [1.82, 2.24) is 0 Å². The van der Waals surface area contributed by atoms with E-state index in [0.717, 1.165) is 33.4 Å². The monoisotopic (exact) mass is 695 g/mol. The summed E-state index contributed by atoms with van der Waals surface area (Å²) in [7, 11) is 0. The molecule has 0 amide bonds. The summed E-state index contributed by atoms with van der Waals surface area (Å²) in [5.41, 5.74) is 6.17. The van der Waals surface area contributed by atoms with E-state index >= 15 is 0 Å². The molecule has 0 saturated heterocycles. The molecule has 0 aliphatic carbocycles. The average Bonchev–Trinajstić information content (AvgIpc) is 3.17. The van der Waals surface area contributed by atoms with E-state index in [4.69, 9.17) is 0 Å². The van der Waals surface area contributed by atoms with Gasteiger partial charge in [0.1, 0.15) is 34.9 Å². The van der Waals surface area contributed by atoms with Crippen molar-refractivity contribution in [2.45, 2.75) is 11.8 Å². The van der Waals surface area contributed by atoms with Crippen molar-refractivity contribution in [1.29, 1.82) is 15.8 Å².